The number of nitrogens with zero attached hydrogens (tertiary/aromatic N) is 2. The summed E-state index contributed by atoms with van der Waals surface area (Å²) in [5.74, 6) is 2.02. The molecule has 5 rings (SSSR count). The van der Waals surface area contributed by atoms with Gasteiger partial charge in [0, 0.05) is 18.1 Å². The molecule has 1 aromatic carbocycles. The molecule has 2 aromatic rings. The number of aromatic nitrogens is 2. The highest BCUT2D eigenvalue weighted by Gasteiger charge is 2.26. The fourth-order valence-corrected chi connectivity index (χ4v) is 5.22. The van der Waals surface area contributed by atoms with Gasteiger partial charge in [-0.1, -0.05) is 12.8 Å². The summed E-state index contributed by atoms with van der Waals surface area (Å²) >= 11 is 0. The molecule has 7 nitrogen and oxygen atoms in total. The molecular formula is C23H33N5O2+2. The van der Waals surface area contributed by atoms with Crippen molar-refractivity contribution in [2.45, 2.75) is 44.7 Å². The Kier molecular flexibility index (Phi) is 5.73. The van der Waals surface area contributed by atoms with Crippen LogP contribution in [0.25, 0.3) is 0 Å². The topological polar surface area (TPSA) is 65.0 Å². The van der Waals surface area contributed by atoms with E-state index in [4.69, 9.17) is 4.74 Å². The zero-order chi connectivity index (χ0) is 20.3. The van der Waals surface area contributed by atoms with Crippen LogP contribution in [0, 0.1) is 0 Å². The molecule has 1 aromatic heterocycles. The number of ether oxygens (including phenoxy) is 1. The summed E-state index contributed by atoms with van der Waals surface area (Å²) in [6.07, 6.45) is 7.68. The van der Waals surface area contributed by atoms with E-state index in [1.807, 2.05) is 10.7 Å². The predicted octanol–water partition coefficient (Wildman–Crippen LogP) is -0.145. The summed E-state index contributed by atoms with van der Waals surface area (Å²) < 4.78 is 7.63. The highest BCUT2D eigenvalue weighted by molar-refractivity contribution is 5.90. The van der Waals surface area contributed by atoms with Crippen LogP contribution in [0.4, 0.5) is 5.82 Å². The third-order valence-electron chi connectivity index (χ3n) is 6.89. The van der Waals surface area contributed by atoms with Crippen molar-refractivity contribution in [2.24, 2.45) is 0 Å². The lowest BCUT2D eigenvalue weighted by Crippen LogP contribution is -3.28. The van der Waals surface area contributed by atoms with Gasteiger partial charge in [-0.15, -0.1) is 0 Å². The number of carbonyl (C=O) groups is 1. The molecule has 1 amide bonds. The van der Waals surface area contributed by atoms with Crippen molar-refractivity contribution < 1.29 is 19.3 Å². The minimum absolute atomic E-state index is 0.104. The van der Waals surface area contributed by atoms with Crippen LogP contribution < -0.4 is 19.9 Å². The lowest BCUT2D eigenvalue weighted by molar-refractivity contribution is -1.02. The number of carbonyl (C=O) groups excluding carboxylic acids is 1. The number of anilines is 1. The monoisotopic (exact) mass is 411 g/mol. The zero-order valence-electron chi connectivity index (χ0n) is 17.7. The molecule has 1 saturated carbocycles. The lowest BCUT2D eigenvalue weighted by Gasteiger charge is -2.29. The van der Waals surface area contributed by atoms with Crippen molar-refractivity contribution in [1.82, 2.24) is 9.78 Å². The van der Waals surface area contributed by atoms with E-state index in [1.165, 1.54) is 28.9 Å². The predicted molar refractivity (Wildman–Crippen MR) is 114 cm³/mol. The smallest absolute Gasteiger partial charge is 0.280 e. The Morgan fingerprint density at radius 1 is 1.13 bits per heavy atom. The Balaban J connectivity index is 1.09. The summed E-state index contributed by atoms with van der Waals surface area (Å²) in [6, 6.07) is 9.02. The molecule has 2 aliphatic heterocycles. The highest BCUT2D eigenvalue weighted by Crippen LogP contribution is 2.31. The van der Waals surface area contributed by atoms with E-state index < -0.39 is 0 Å². The molecule has 0 unspecified atom stereocenters. The summed E-state index contributed by atoms with van der Waals surface area (Å²) in [5, 5.41) is 7.57. The van der Waals surface area contributed by atoms with Crippen molar-refractivity contribution in [3.05, 3.63) is 41.6 Å². The molecule has 0 bridgehead atoms. The molecule has 1 aliphatic carbocycles. The van der Waals surface area contributed by atoms with E-state index in [0.29, 0.717) is 12.6 Å². The first-order valence-electron chi connectivity index (χ1n) is 11.5. The molecule has 3 N–H and O–H groups in total. The van der Waals surface area contributed by atoms with Gasteiger partial charge < -0.3 is 19.9 Å². The van der Waals surface area contributed by atoms with Gasteiger partial charge in [-0.05, 0) is 36.6 Å². The largest absolute Gasteiger partial charge is 0.493 e. The summed E-state index contributed by atoms with van der Waals surface area (Å²) in [6.45, 7) is 6.72. The molecule has 0 radical (unpaired) electrons. The quantitative estimate of drug-likeness (QED) is 0.620. The van der Waals surface area contributed by atoms with Gasteiger partial charge in [-0.3, -0.25) is 4.79 Å². The Hall–Kier alpha value is -2.38. The minimum Gasteiger partial charge on any atom is -0.493 e. The fourth-order valence-electron chi connectivity index (χ4n) is 5.22. The van der Waals surface area contributed by atoms with Crippen molar-refractivity contribution in [3.63, 3.8) is 0 Å². The standard InChI is InChI=1S/C23H31N5O2/c29-23(25-22-7-9-24-28(22)20-3-1-2-4-20)17-27-12-10-26(11-13-27)16-18-5-6-21-19(15-18)8-14-30-21/h5-7,9,15,20H,1-4,8,10-14,16-17H2,(H,25,29)/p+2. The first-order valence-corrected chi connectivity index (χ1v) is 11.5. The maximum Gasteiger partial charge on any atom is 0.280 e. The van der Waals surface area contributed by atoms with Gasteiger partial charge in [-0.2, -0.15) is 5.10 Å². The number of rotatable bonds is 6. The maximum atomic E-state index is 12.6. The Morgan fingerprint density at radius 2 is 1.93 bits per heavy atom. The molecule has 2 fully saturated rings. The number of hydrogen-bond donors (Lipinski definition) is 3. The van der Waals surface area contributed by atoms with E-state index in [2.05, 4.69) is 28.6 Å². The first kappa shape index (κ1) is 19.6. The lowest BCUT2D eigenvalue weighted by atomic mass is 10.1. The van der Waals surface area contributed by atoms with Gasteiger partial charge in [0.25, 0.3) is 5.91 Å². The molecule has 3 aliphatic rings. The van der Waals surface area contributed by atoms with Gasteiger partial charge in [0.2, 0.25) is 0 Å². The average molecular weight is 412 g/mol. The van der Waals surface area contributed by atoms with E-state index in [1.54, 1.807) is 11.1 Å². The normalized spacial score (nSPS) is 23.9. The number of quaternary nitrogens is 2. The second kappa shape index (κ2) is 8.78. The SMILES string of the molecule is O=C(C[NH+]1CC[NH+](Cc2ccc3c(c2)CCO3)CC1)Nc1ccnn1C1CCCC1. The van der Waals surface area contributed by atoms with Crippen LogP contribution in [0.1, 0.15) is 42.9 Å². The summed E-state index contributed by atoms with van der Waals surface area (Å²) in [5.41, 5.74) is 2.75. The van der Waals surface area contributed by atoms with Crippen LogP contribution in [0.2, 0.25) is 0 Å². The van der Waals surface area contributed by atoms with Gasteiger partial charge in [0.05, 0.1) is 18.8 Å². The number of fused-ring (bicyclic) bond motifs is 1. The fraction of sp³-hybridized carbons (Fsp3) is 0.565. The first-order chi connectivity index (χ1) is 14.7. The minimum atomic E-state index is 0.104. The second-order valence-corrected chi connectivity index (χ2v) is 9.04. The van der Waals surface area contributed by atoms with Crippen molar-refractivity contribution in [1.29, 1.82) is 0 Å². The Labute approximate surface area is 178 Å². The summed E-state index contributed by atoms with van der Waals surface area (Å²) in [4.78, 5) is 15.6. The molecule has 3 heterocycles. The van der Waals surface area contributed by atoms with Gasteiger partial charge in [0.15, 0.2) is 6.54 Å². The van der Waals surface area contributed by atoms with Crippen molar-refractivity contribution in [3.8, 4) is 5.75 Å². The molecular weight excluding hydrogens is 378 g/mol. The number of piperazine rings is 1. The van der Waals surface area contributed by atoms with Crippen LogP contribution in [-0.4, -0.2) is 55.0 Å². The Bertz CT molecular complexity index is 881. The maximum absolute atomic E-state index is 12.6. The number of amides is 1. The molecule has 1 saturated heterocycles. The van der Waals surface area contributed by atoms with Gasteiger partial charge >= 0.3 is 0 Å². The summed E-state index contributed by atoms with van der Waals surface area (Å²) in [7, 11) is 0. The number of hydrogen-bond acceptors (Lipinski definition) is 3. The molecule has 0 atom stereocenters. The van der Waals surface area contributed by atoms with E-state index in [0.717, 1.165) is 70.2 Å². The van der Waals surface area contributed by atoms with Crippen LogP contribution in [-0.2, 0) is 17.8 Å². The molecule has 0 spiro atoms. The second-order valence-electron chi connectivity index (χ2n) is 9.04. The molecule has 30 heavy (non-hydrogen) atoms. The molecule has 7 heteroatoms. The molecule has 160 valence electrons. The van der Waals surface area contributed by atoms with E-state index >= 15 is 0 Å². The third kappa shape index (κ3) is 4.37. The van der Waals surface area contributed by atoms with Gasteiger partial charge in [-0.25, -0.2) is 4.68 Å². The van der Waals surface area contributed by atoms with Crippen molar-refractivity contribution >= 4 is 11.7 Å². The number of benzene rings is 1. The number of nitrogens with one attached hydrogen (secondary N) is 3. The highest BCUT2D eigenvalue weighted by atomic mass is 16.5. The van der Waals surface area contributed by atoms with E-state index in [9.17, 15) is 4.79 Å². The van der Waals surface area contributed by atoms with Crippen LogP contribution in [0.15, 0.2) is 30.5 Å². The zero-order valence-corrected chi connectivity index (χ0v) is 17.7. The van der Waals surface area contributed by atoms with Crippen LogP contribution in [0.3, 0.4) is 0 Å². The van der Waals surface area contributed by atoms with Crippen molar-refractivity contribution in [2.75, 3.05) is 44.6 Å². The Morgan fingerprint density at radius 3 is 2.77 bits per heavy atom. The van der Waals surface area contributed by atoms with Gasteiger partial charge in [0.1, 0.15) is 44.3 Å². The van der Waals surface area contributed by atoms with Crippen LogP contribution >= 0.6 is 0 Å². The third-order valence-corrected chi connectivity index (χ3v) is 6.89. The average Bonchev–Trinajstić information content (AvgIpc) is 3.50. The van der Waals surface area contributed by atoms with Crippen LogP contribution in [0.5, 0.6) is 5.75 Å². The van der Waals surface area contributed by atoms with E-state index in [-0.39, 0.29) is 5.91 Å².